The van der Waals surface area contributed by atoms with Gasteiger partial charge in [0.05, 0.1) is 12.2 Å². The van der Waals surface area contributed by atoms with Crippen molar-refractivity contribution in [1.29, 1.82) is 0 Å². The zero-order valence-electron chi connectivity index (χ0n) is 12.4. The second-order valence-corrected chi connectivity index (χ2v) is 5.21. The molecule has 2 amide bonds. The average Bonchev–Trinajstić information content (AvgIpc) is 2.52. The average molecular weight is 341 g/mol. The predicted molar refractivity (Wildman–Crippen MR) is 85.0 cm³/mol. The second-order valence-electron chi connectivity index (χ2n) is 4.78. The lowest BCUT2D eigenvalue weighted by molar-refractivity contribution is 0.207. The van der Waals surface area contributed by atoms with E-state index in [1.807, 2.05) is 0 Å². The van der Waals surface area contributed by atoms with E-state index in [0.29, 0.717) is 10.8 Å². The highest BCUT2D eigenvalue weighted by Gasteiger charge is 2.12. The topological polar surface area (TPSA) is 41.6 Å². The number of hydrogen-bond donors (Lipinski definition) is 1. The van der Waals surface area contributed by atoms with Crippen molar-refractivity contribution in [2.75, 3.05) is 25.5 Å². The van der Waals surface area contributed by atoms with Gasteiger partial charge in [0.2, 0.25) is 0 Å². The molecule has 0 bridgehead atoms. The molecule has 7 heteroatoms. The van der Waals surface area contributed by atoms with Crippen molar-refractivity contribution in [3.05, 3.63) is 59.1 Å². The first kappa shape index (κ1) is 17.0. The molecule has 0 radical (unpaired) electrons. The van der Waals surface area contributed by atoms with E-state index in [2.05, 4.69) is 5.32 Å². The summed E-state index contributed by atoms with van der Waals surface area (Å²) in [5.41, 5.74) is -0.208. The number of likely N-dealkylation sites (N-methyl/N-ethyl adjacent to an activating group) is 1. The van der Waals surface area contributed by atoms with Gasteiger partial charge in [-0.15, -0.1) is 0 Å². The van der Waals surface area contributed by atoms with Crippen LogP contribution in [0.3, 0.4) is 0 Å². The zero-order valence-corrected chi connectivity index (χ0v) is 13.1. The lowest BCUT2D eigenvalue weighted by Crippen LogP contribution is -2.34. The number of ether oxygens (including phenoxy) is 1. The van der Waals surface area contributed by atoms with Gasteiger partial charge in [0, 0.05) is 18.1 Å². The molecule has 0 spiro atoms. The van der Waals surface area contributed by atoms with Gasteiger partial charge in [0.1, 0.15) is 24.0 Å². The van der Waals surface area contributed by atoms with Crippen molar-refractivity contribution < 1.29 is 18.3 Å². The van der Waals surface area contributed by atoms with Gasteiger partial charge >= 0.3 is 6.03 Å². The molecule has 0 saturated carbocycles. The van der Waals surface area contributed by atoms with E-state index >= 15 is 0 Å². The summed E-state index contributed by atoms with van der Waals surface area (Å²) in [5, 5.41) is 2.91. The molecule has 0 saturated heterocycles. The summed E-state index contributed by atoms with van der Waals surface area (Å²) in [6.45, 7) is 0.516. The summed E-state index contributed by atoms with van der Waals surface area (Å²) in [6, 6.07) is 9.11. The highest BCUT2D eigenvalue weighted by Crippen LogP contribution is 2.16. The summed E-state index contributed by atoms with van der Waals surface area (Å²) in [6.07, 6.45) is 0. The first-order valence-electron chi connectivity index (χ1n) is 6.81. The van der Waals surface area contributed by atoms with E-state index in [4.69, 9.17) is 16.3 Å². The van der Waals surface area contributed by atoms with E-state index in [-0.39, 0.29) is 18.8 Å². The molecule has 0 aliphatic rings. The summed E-state index contributed by atoms with van der Waals surface area (Å²) in [5.74, 6) is -0.708. The van der Waals surface area contributed by atoms with Gasteiger partial charge in [-0.05, 0) is 36.4 Å². The van der Waals surface area contributed by atoms with Crippen LogP contribution >= 0.6 is 11.6 Å². The molecular weight excluding hydrogens is 326 g/mol. The molecule has 23 heavy (non-hydrogen) atoms. The van der Waals surface area contributed by atoms with Crippen LogP contribution in [0.1, 0.15) is 0 Å². The summed E-state index contributed by atoms with van der Waals surface area (Å²) >= 11 is 5.76. The van der Waals surface area contributed by atoms with Crippen molar-refractivity contribution >= 4 is 23.3 Å². The van der Waals surface area contributed by atoms with Gasteiger partial charge in [-0.2, -0.15) is 0 Å². The van der Waals surface area contributed by atoms with Gasteiger partial charge < -0.3 is 15.0 Å². The lowest BCUT2D eigenvalue weighted by atomic mass is 10.3. The Morgan fingerprint density at radius 1 is 1.22 bits per heavy atom. The van der Waals surface area contributed by atoms with Crippen molar-refractivity contribution in [3.63, 3.8) is 0 Å². The molecule has 2 rings (SSSR count). The SMILES string of the molecule is CN(CCOc1ccc(Cl)cc1)C(=O)Nc1cc(F)ccc1F. The quantitative estimate of drug-likeness (QED) is 0.888. The van der Waals surface area contributed by atoms with Crippen LogP contribution in [0.4, 0.5) is 19.3 Å². The normalized spacial score (nSPS) is 10.3. The van der Waals surface area contributed by atoms with Crippen LogP contribution in [0.25, 0.3) is 0 Å². The first-order valence-corrected chi connectivity index (χ1v) is 7.19. The van der Waals surface area contributed by atoms with E-state index in [1.165, 1.54) is 11.9 Å². The molecule has 0 atom stereocenters. The number of rotatable bonds is 5. The number of urea groups is 1. The molecule has 4 nitrogen and oxygen atoms in total. The van der Waals surface area contributed by atoms with Crippen molar-refractivity contribution in [3.8, 4) is 5.75 Å². The van der Waals surface area contributed by atoms with E-state index in [1.54, 1.807) is 24.3 Å². The third-order valence-corrected chi connectivity index (χ3v) is 3.28. The van der Waals surface area contributed by atoms with Gasteiger partial charge in [0.15, 0.2) is 0 Å². The number of nitrogens with zero attached hydrogens (tertiary/aromatic N) is 1. The van der Waals surface area contributed by atoms with Gasteiger partial charge in [-0.1, -0.05) is 11.6 Å². The maximum atomic E-state index is 13.5. The molecule has 2 aromatic rings. The smallest absolute Gasteiger partial charge is 0.321 e. The Kier molecular flexibility index (Phi) is 5.76. The van der Waals surface area contributed by atoms with Crippen LogP contribution in [0, 0.1) is 11.6 Å². The Morgan fingerprint density at radius 2 is 1.91 bits per heavy atom. The fourth-order valence-corrected chi connectivity index (χ4v) is 1.86. The maximum Gasteiger partial charge on any atom is 0.321 e. The number of carbonyl (C=O) groups is 1. The Hall–Kier alpha value is -2.34. The number of hydrogen-bond acceptors (Lipinski definition) is 2. The third kappa shape index (κ3) is 5.10. The minimum Gasteiger partial charge on any atom is -0.492 e. The van der Waals surface area contributed by atoms with Crippen LogP contribution in [0.2, 0.25) is 5.02 Å². The number of anilines is 1. The molecule has 0 aliphatic carbocycles. The van der Waals surface area contributed by atoms with E-state index in [0.717, 1.165) is 18.2 Å². The predicted octanol–water partition coefficient (Wildman–Crippen LogP) is 4.16. The lowest BCUT2D eigenvalue weighted by Gasteiger charge is -2.18. The molecule has 0 heterocycles. The molecule has 0 aliphatic heterocycles. The number of benzene rings is 2. The van der Waals surface area contributed by atoms with Crippen molar-refractivity contribution in [2.45, 2.75) is 0 Å². The minimum atomic E-state index is -0.703. The molecule has 0 unspecified atom stereocenters. The number of nitrogens with one attached hydrogen (secondary N) is 1. The summed E-state index contributed by atoms with van der Waals surface area (Å²) < 4.78 is 32.0. The highest BCUT2D eigenvalue weighted by molar-refractivity contribution is 6.30. The fraction of sp³-hybridized carbons (Fsp3) is 0.188. The molecule has 0 fully saturated rings. The van der Waals surface area contributed by atoms with Crippen molar-refractivity contribution in [1.82, 2.24) is 4.90 Å². The van der Waals surface area contributed by atoms with Crippen LogP contribution in [0.5, 0.6) is 5.75 Å². The number of amides is 2. The Morgan fingerprint density at radius 3 is 2.61 bits per heavy atom. The van der Waals surface area contributed by atoms with Gasteiger partial charge in [-0.3, -0.25) is 0 Å². The van der Waals surface area contributed by atoms with Gasteiger partial charge in [0.25, 0.3) is 0 Å². The van der Waals surface area contributed by atoms with Crippen LogP contribution in [-0.2, 0) is 0 Å². The molecular formula is C16H15ClF2N2O2. The third-order valence-electron chi connectivity index (χ3n) is 3.03. The first-order chi connectivity index (χ1) is 11.0. The molecule has 0 aromatic heterocycles. The Labute approximate surface area is 137 Å². The summed E-state index contributed by atoms with van der Waals surface area (Å²) in [7, 11) is 1.53. The van der Waals surface area contributed by atoms with Crippen LogP contribution in [0.15, 0.2) is 42.5 Å². The highest BCUT2D eigenvalue weighted by atomic mass is 35.5. The molecule has 2 aromatic carbocycles. The van der Waals surface area contributed by atoms with E-state index in [9.17, 15) is 13.6 Å². The van der Waals surface area contributed by atoms with Gasteiger partial charge in [-0.25, -0.2) is 13.6 Å². The fourth-order valence-electron chi connectivity index (χ4n) is 1.74. The standard InChI is InChI=1S/C16H15ClF2N2O2/c1-21(8-9-23-13-5-2-11(17)3-6-13)16(22)20-15-10-12(18)4-7-14(15)19/h2-7,10H,8-9H2,1H3,(H,20,22). The number of carbonyl (C=O) groups excluding carboxylic acids is 1. The molecule has 122 valence electrons. The maximum absolute atomic E-state index is 13.5. The molecule has 1 N–H and O–H groups in total. The number of halogens is 3. The van der Waals surface area contributed by atoms with Crippen LogP contribution in [-0.4, -0.2) is 31.1 Å². The Bertz CT molecular complexity index is 680. The monoisotopic (exact) mass is 340 g/mol. The van der Waals surface area contributed by atoms with Crippen molar-refractivity contribution in [2.24, 2.45) is 0 Å². The second kappa shape index (κ2) is 7.78. The Balaban J connectivity index is 1.83. The largest absolute Gasteiger partial charge is 0.492 e. The summed E-state index contributed by atoms with van der Waals surface area (Å²) in [4.78, 5) is 13.2. The minimum absolute atomic E-state index is 0.208. The van der Waals surface area contributed by atoms with E-state index < -0.39 is 17.7 Å². The zero-order chi connectivity index (χ0) is 16.8. The van der Waals surface area contributed by atoms with Crippen LogP contribution < -0.4 is 10.1 Å².